The van der Waals surface area contributed by atoms with Gasteiger partial charge in [0.05, 0.1) is 15.7 Å². The predicted octanol–water partition coefficient (Wildman–Crippen LogP) is 4.91. The van der Waals surface area contributed by atoms with Crippen LogP contribution in [-0.4, -0.2) is 11.0 Å². The van der Waals surface area contributed by atoms with E-state index in [1.807, 2.05) is 13.0 Å². The number of aromatic hydroxyl groups is 1. The van der Waals surface area contributed by atoms with Crippen LogP contribution in [0, 0.1) is 6.92 Å². The van der Waals surface area contributed by atoms with Crippen LogP contribution in [0.5, 0.6) is 5.75 Å². The first-order chi connectivity index (χ1) is 9.40. The molecule has 0 heterocycles. The van der Waals surface area contributed by atoms with Gasteiger partial charge in [-0.3, -0.25) is 4.79 Å². The standard InChI is InChI=1S/C14H10Cl3NO2/c1-7-3-2-4-8(5-7)14(20)18-10-6-9(15)13(19)12(17)11(10)16/h2-6,19H,1H3,(H,18,20). The first-order valence-corrected chi connectivity index (χ1v) is 6.78. The summed E-state index contributed by atoms with van der Waals surface area (Å²) in [4.78, 5) is 12.1. The largest absolute Gasteiger partial charge is 0.505 e. The second-order valence-corrected chi connectivity index (χ2v) is 5.37. The quantitative estimate of drug-likeness (QED) is 0.607. The van der Waals surface area contributed by atoms with Crippen molar-refractivity contribution in [3.05, 3.63) is 56.5 Å². The number of benzene rings is 2. The summed E-state index contributed by atoms with van der Waals surface area (Å²) in [5.41, 5.74) is 1.69. The molecule has 0 aliphatic carbocycles. The van der Waals surface area contributed by atoms with Crippen molar-refractivity contribution in [3.8, 4) is 5.75 Å². The number of halogens is 3. The number of carbonyl (C=O) groups is 1. The molecule has 3 nitrogen and oxygen atoms in total. The zero-order valence-electron chi connectivity index (χ0n) is 10.4. The molecule has 2 N–H and O–H groups in total. The second kappa shape index (κ2) is 5.92. The molecular formula is C14H10Cl3NO2. The van der Waals surface area contributed by atoms with Crippen molar-refractivity contribution in [3.63, 3.8) is 0 Å². The number of amides is 1. The Kier molecular flexibility index (Phi) is 4.43. The lowest BCUT2D eigenvalue weighted by atomic mass is 10.1. The van der Waals surface area contributed by atoms with Crippen molar-refractivity contribution in [1.82, 2.24) is 0 Å². The van der Waals surface area contributed by atoms with E-state index in [-0.39, 0.29) is 32.4 Å². The summed E-state index contributed by atoms with van der Waals surface area (Å²) in [6, 6.07) is 8.44. The Morgan fingerprint density at radius 2 is 1.85 bits per heavy atom. The first kappa shape index (κ1) is 15.0. The average Bonchev–Trinajstić information content (AvgIpc) is 2.42. The SMILES string of the molecule is Cc1cccc(C(=O)Nc2cc(Cl)c(O)c(Cl)c2Cl)c1. The third-order valence-electron chi connectivity index (χ3n) is 2.66. The number of anilines is 1. The van der Waals surface area contributed by atoms with Crippen molar-refractivity contribution in [2.75, 3.05) is 5.32 Å². The van der Waals surface area contributed by atoms with Crippen LogP contribution in [0.3, 0.4) is 0 Å². The highest BCUT2D eigenvalue weighted by molar-refractivity contribution is 6.46. The van der Waals surface area contributed by atoms with Gasteiger partial charge < -0.3 is 10.4 Å². The van der Waals surface area contributed by atoms with Gasteiger partial charge in [-0.25, -0.2) is 0 Å². The molecular weight excluding hydrogens is 321 g/mol. The van der Waals surface area contributed by atoms with Crippen LogP contribution in [0.1, 0.15) is 15.9 Å². The molecule has 0 spiro atoms. The topological polar surface area (TPSA) is 49.3 Å². The van der Waals surface area contributed by atoms with Crippen LogP contribution in [-0.2, 0) is 0 Å². The summed E-state index contributed by atoms with van der Waals surface area (Å²) in [7, 11) is 0. The fourth-order valence-electron chi connectivity index (χ4n) is 1.66. The van der Waals surface area contributed by atoms with Crippen LogP contribution in [0.15, 0.2) is 30.3 Å². The maximum absolute atomic E-state index is 12.1. The highest BCUT2D eigenvalue weighted by Gasteiger charge is 2.16. The van der Waals surface area contributed by atoms with Gasteiger partial charge in [-0.15, -0.1) is 0 Å². The Labute approximate surface area is 131 Å². The van der Waals surface area contributed by atoms with E-state index in [1.165, 1.54) is 6.07 Å². The lowest BCUT2D eigenvalue weighted by Crippen LogP contribution is -2.12. The molecule has 6 heteroatoms. The molecule has 0 unspecified atom stereocenters. The van der Waals surface area contributed by atoms with E-state index in [4.69, 9.17) is 34.8 Å². The van der Waals surface area contributed by atoms with Gasteiger partial charge >= 0.3 is 0 Å². The van der Waals surface area contributed by atoms with Crippen LogP contribution in [0.25, 0.3) is 0 Å². The number of carbonyl (C=O) groups excluding carboxylic acids is 1. The Hall–Kier alpha value is -1.42. The van der Waals surface area contributed by atoms with Gasteiger partial charge in [0.1, 0.15) is 5.02 Å². The van der Waals surface area contributed by atoms with Crippen LogP contribution in [0.2, 0.25) is 15.1 Å². The summed E-state index contributed by atoms with van der Waals surface area (Å²) in [5, 5.41) is 12.1. The first-order valence-electron chi connectivity index (χ1n) is 5.64. The van der Waals surface area contributed by atoms with E-state index in [2.05, 4.69) is 5.32 Å². The Morgan fingerprint density at radius 1 is 1.15 bits per heavy atom. The van der Waals surface area contributed by atoms with E-state index in [0.29, 0.717) is 5.56 Å². The van der Waals surface area contributed by atoms with Crippen LogP contribution >= 0.6 is 34.8 Å². The molecule has 2 rings (SSSR count). The van der Waals surface area contributed by atoms with Crippen LogP contribution in [0.4, 0.5) is 5.69 Å². The Morgan fingerprint density at radius 3 is 2.50 bits per heavy atom. The van der Waals surface area contributed by atoms with Crippen molar-refractivity contribution >= 4 is 46.4 Å². The molecule has 0 atom stereocenters. The molecule has 0 saturated carbocycles. The van der Waals surface area contributed by atoms with E-state index >= 15 is 0 Å². The van der Waals surface area contributed by atoms with E-state index in [0.717, 1.165) is 5.56 Å². The molecule has 0 aromatic heterocycles. The van der Waals surface area contributed by atoms with Gasteiger partial charge in [0.2, 0.25) is 0 Å². The molecule has 0 fully saturated rings. The summed E-state index contributed by atoms with van der Waals surface area (Å²) in [5.74, 6) is -0.652. The molecule has 20 heavy (non-hydrogen) atoms. The Bertz CT molecular complexity index is 686. The maximum Gasteiger partial charge on any atom is 0.255 e. The molecule has 0 bridgehead atoms. The van der Waals surface area contributed by atoms with Crippen molar-refractivity contribution < 1.29 is 9.90 Å². The molecule has 0 aliphatic rings. The molecule has 2 aromatic carbocycles. The van der Waals surface area contributed by atoms with Gasteiger partial charge in [0.25, 0.3) is 5.91 Å². The number of hydrogen-bond acceptors (Lipinski definition) is 2. The van der Waals surface area contributed by atoms with Crippen molar-refractivity contribution in [2.45, 2.75) is 6.92 Å². The average molecular weight is 331 g/mol. The molecule has 1 amide bonds. The van der Waals surface area contributed by atoms with Gasteiger partial charge in [0.15, 0.2) is 5.75 Å². The third-order valence-corrected chi connectivity index (χ3v) is 3.81. The molecule has 0 aliphatic heterocycles. The zero-order valence-corrected chi connectivity index (χ0v) is 12.6. The van der Waals surface area contributed by atoms with E-state index in [1.54, 1.807) is 18.2 Å². The fraction of sp³-hybridized carbons (Fsp3) is 0.0714. The van der Waals surface area contributed by atoms with Gasteiger partial charge in [-0.05, 0) is 25.1 Å². The van der Waals surface area contributed by atoms with Gasteiger partial charge in [-0.2, -0.15) is 0 Å². The third kappa shape index (κ3) is 3.01. The predicted molar refractivity (Wildman–Crippen MR) is 82.3 cm³/mol. The number of phenols is 1. The smallest absolute Gasteiger partial charge is 0.255 e. The molecule has 0 saturated heterocycles. The summed E-state index contributed by atoms with van der Waals surface area (Å²) in [6.45, 7) is 1.89. The summed E-state index contributed by atoms with van der Waals surface area (Å²) >= 11 is 17.6. The van der Waals surface area contributed by atoms with Gasteiger partial charge in [0, 0.05) is 5.56 Å². The number of nitrogens with one attached hydrogen (secondary N) is 1. The van der Waals surface area contributed by atoms with Crippen molar-refractivity contribution in [1.29, 1.82) is 0 Å². The zero-order chi connectivity index (χ0) is 14.9. The number of rotatable bonds is 2. The lowest BCUT2D eigenvalue weighted by molar-refractivity contribution is 0.102. The fourth-order valence-corrected chi connectivity index (χ4v) is 2.30. The molecule has 0 radical (unpaired) electrons. The highest BCUT2D eigenvalue weighted by atomic mass is 35.5. The van der Waals surface area contributed by atoms with Crippen LogP contribution < -0.4 is 5.32 Å². The monoisotopic (exact) mass is 329 g/mol. The summed E-state index contributed by atoms with van der Waals surface area (Å²) in [6.07, 6.45) is 0. The number of aryl methyl sites for hydroxylation is 1. The minimum Gasteiger partial charge on any atom is -0.505 e. The molecule has 2 aromatic rings. The molecule has 104 valence electrons. The minimum atomic E-state index is -0.339. The minimum absolute atomic E-state index is 0.0129. The van der Waals surface area contributed by atoms with Crippen molar-refractivity contribution in [2.24, 2.45) is 0 Å². The normalized spacial score (nSPS) is 10.4. The maximum atomic E-state index is 12.1. The summed E-state index contributed by atoms with van der Waals surface area (Å²) < 4.78 is 0. The number of phenolic OH excluding ortho intramolecular Hbond substituents is 1. The highest BCUT2D eigenvalue weighted by Crippen LogP contribution is 2.42. The van der Waals surface area contributed by atoms with Gasteiger partial charge in [-0.1, -0.05) is 52.5 Å². The Balaban J connectivity index is 2.33. The second-order valence-electron chi connectivity index (χ2n) is 4.21. The van der Waals surface area contributed by atoms with E-state index in [9.17, 15) is 9.90 Å². The lowest BCUT2D eigenvalue weighted by Gasteiger charge is -2.11. The number of hydrogen-bond donors (Lipinski definition) is 2. The van der Waals surface area contributed by atoms with E-state index < -0.39 is 0 Å².